The molecule has 2 heterocycles. The van der Waals surface area contributed by atoms with Gasteiger partial charge in [0, 0.05) is 42.1 Å². The zero-order valence-electron chi connectivity index (χ0n) is 23.1. The smallest absolute Gasteiger partial charge is 0.336 e. The third-order valence-corrected chi connectivity index (χ3v) is 6.96. The van der Waals surface area contributed by atoms with Gasteiger partial charge in [-0.05, 0) is 68.6 Å². The lowest BCUT2D eigenvalue weighted by atomic mass is 10.0. The first-order chi connectivity index (χ1) is 19.8. The van der Waals surface area contributed by atoms with Crippen LogP contribution in [0.15, 0.2) is 66.1 Å². The molecule has 0 bridgehead atoms. The molecule has 0 unspecified atom stereocenters. The van der Waals surface area contributed by atoms with Crippen molar-refractivity contribution in [2.45, 2.75) is 25.7 Å². The molecule has 9 nitrogen and oxygen atoms in total. The maximum Gasteiger partial charge on any atom is 0.336 e. The van der Waals surface area contributed by atoms with Crippen molar-refractivity contribution < 1.29 is 28.7 Å². The van der Waals surface area contributed by atoms with Crippen LogP contribution in [0, 0.1) is 12.3 Å². The van der Waals surface area contributed by atoms with E-state index in [9.17, 15) is 14.4 Å². The topological polar surface area (TPSA) is 88.6 Å². The van der Waals surface area contributed by atoms with Gasteiger partial charge in [-0.3, -0.25) is 14.5 Å². The first kappa shape index (κ1) is 29.9. The quantitative estimate of drug-likeness (QED) is 0.180. The first-order valence-electron chi connectivity index (χ1n) is 13.3. The number of para-hydroxylation sites is 1. The van der Waals surface area contributed by atoms with Gasteiger partial charge in [-0.2, -0.15) is 0 Å². The fraction of sp³-hybridized carbons (Fsp3) is 0.323. The zero-order chi connectivity index (χ0) is 29.4. The van der Waals surface area contributed by atoms with E-state index in [2.05, 4.69) is 41.2 Å². The Morgan fingerprint density at radius 2 is 1.73 bits per heavy atom. The van der Waals surface area contributed by atoms with Gasteiger partial charge in [0.2, 0.25) is 5.76 Å². The van der Waals surface area contributed by atoms with E-state index >= 15 is 0 Å². The number of hydrogen-bond acceptors (Lipinski definition) is 8. The number of unbranched alkanes of at least 4 members (excludes halogenated alkanes) is 1. The van der Waals surface area contributed by atoms with Crippen LogP contribution in [0.4, 0.5) is 11.4 Å². The Bertz CT molecular complexity index is 1410. The molecule has 0 N–H and O–H groups in total. The second-order valence-electron chi connectivity index (χ2n) is 9.71. The molecule has 2 aromatic rings. The Kier molecular flexibility index (Phi) is 10.2. The molecule has 1 amide bonds. The highest BCUT2D eigenvalue weighted by molar-refractivity contribution is 6.30. The molecule has 0 fully saturated rings. The summed E-state index contributed by atoms with van der Waals surface area (Å²) in [5, 5.41) is 1.54. The Morgan fingerprint density at radius 3 is 2.49 bits per heavy atom. The average Bonchev–Trinajstić information content (AvgIpc) is 3.11. The molecule has 0 aromatic heterocycles. The molecule has 214 valence electrons. The number of carbonyl (C=O) groups excluding carboxylic acids is 3. The maximum atomic E-state index is 13.0. The number of carbonyl (C=O) groups is 3. The molecule has 0 aliphatic carbocycles. The number of halogens is 1. The molecule has 0 spiro atoms. The minimum Gasteiger partial charge on any atom is -0.422 e. The van der Waals surface area contributed by atoms with E-state index in [1.165, 1.54) is 23.9 Å². The second-order valence-corrected chi connectivity index (χ2v) is 10.1. The number of hydroxylamine groups is 2. The Hall–Kier alpha value is -4.10. The number of ether oxygens (including phenoxy) is 2. The fourth-order valence-corrected chi connectivity index (χ4v) is 4.90. The van der Waals surface area contributed by atoms with Crippen molar-refractivity contribution in [3.05, 3.63) is 82.3 Å². The SMILES string of the molecule is C#CCON(C)C(=O)/C1=C(/CN(C)CCCCN2c3ccccc3CCc3ccc(Cl)cc32)OC(=O)/C=C\C(=O)O1. The van der Waals surface area contributed by atoms with Crippen molar-refractivity contribution in [3.63, 3.8) is 0 Å². The second kappa shape index (κ2) is 14.0. The van der Waals surface area contributed by atoms with Crippen molar-refractivity contribution in [2.75, 3.05) is 45.2 Å². The van der Waals surface area contributed by atoms with E-state index < -0.39 is 23.6 Å². The molecule has 4 rings (SSSR count). The Balaban J connectivity index is 1.44. The number of esters is 2. The number of anilines is 2. The standard InChI is InChI=1S/C31H32ClN3O6/c1-4-19-39-34(3)31(38)30-27(40-28(36)15-16-29(37)41-30)21-33(2)17-7-8-18-35-25-10-6-5-9-22(25)11-12-23-13-14-24(32)20-26(23)35/h1,5-6,9-10,13-16,20H,7-8,11-12,17-19,21H2,2-3H3/b16-15-,30-27+. The summed E-state index contributed by atoms with van der Waals surface area (Å²) in [5.74, 6) is -0.760. The number of terminal acetylenes is 1. The van der Waals surface area contributed by atoms with Crippen molar-refractivity contribution in [3.8, 4) is 12.3 Å². The van der Waals surface area contributed by atoms with Crippen LogP contribution in [0.1, 0.15) is 24.0 Å². The largest absolute Gasteiger partial charge is 0.422 e. The van der Waals surface area contributed by atoms with Crippen LogP contribution in [0.5, 0.6) is 0 Å². The van der Waals surface area contributed by atoms with Crippen LogP contribution >= 0.6 is 11.6 Å². The summed E-state index contributed by atoms with van der Waals surface area (Å²) in [7, 11) is 3.15. The predicted octanol–water partition coefficient (Wildman–Crippen LogP) is 4.18. The van der Waals surface area contributed by atoms with E-state index in [0.29, 0.717) is 11.6 Å². The lowest BCUT2D eigenvalue weighted by molar-refractivity contribution is -0.174. The highest BCUT2D eigenvalue weighted by Crippen LogP contribution is 2.37. The molecule has 0 saturated carbocycles. The molecular weight excluding hydrogens is 546 g/mol. The number of fused-ring (bicyclic) bond motifs is 2. The minimum absolute atomic E-state index is 0.0436. The van der Waals surface area contributed by atoms with Gasteiger partial charge in [-0.15, -0.1) is 6.42 Å². The summed E-state index contributed by atoms with van der Waals surface area (Å²) in [6, 6.07) is 14.5. The van der Waals surface area contributed by atoms with Crippen molar-refractivity contribution >= 4 is 40.8 Å². The van der Waals surface area contributed by atoms with Gasteiger partial charge in [0.15, 0.2) is 5.76 Å². The highest BCUT2D eigenvalue weighted by atomic mass is 35.5. The normalized spacial score (nSPS) is 17.3. The van der Waals surface area contributed by atoms with E-state index in [0.717, 1.165) is 55.1 Å². The molecule has 2 aromatic carbocycles. The number of rotatable bonds is 10. The first-order valence-corrected chi connectivity index (χ1v) is 13.7. The fourth-order valence-electron chi connectivity index (χ4n) is 4.73. The van der Waals surface area contributed by atoms with Gasteiger partial charge < -0.3 is 14.4 Å². The highest BCUT2D eigenvalue weighted by Gasteiger charge is 2.29. The summed E-state index contributed by atoms with van der Waals surface area (Å²) < 4.78 is 10.6. The van der Waals surface area contributed by atoms with Gasteiger partial charge in [0.25, 0.3) is 0 Å². The number of cyclic esters (lactones) is 2. The summed E-state index contributed by atoms with van der Waals surface area (Å²) in [6.07, 6.45) is 10.6. The van der Waals surface area contributed by atoms with Crippen LogP contribution < -0.4 is 4.90 Å². The van der Waals surface area contributed by atoms with Crippen LogP contribution in [0.25, 0.3) is 0 Å². The molecule has 2 aliphatic rings. The van der Waals surface area contributed by atoms with Crippen molar-refractivity contribution in [1.82, 2.24) is 9.96 Å². The zero-order valence-corrected chi connectivity index (χ0v) is 23.9. The Labute approximate surface area is 244 Å². The summed E-state index contributed by atoms with van der Waals surface area (Å²) >= 11 is 6.38. The Morgan fingerprint density at radius 1 is 1.02 bits per heavy atom. The summed E-state index contributed by atoms with van der Waals surface area (Å²) in [4.78, 5) is 46.6. The van der Waals surface area contributed by atoms with Crippen molar-refractivity contribution in [1.29, 1.82) is 0 Å². The number of hydrogen-bond donors (Lipinski definition) is 0. The summed E-state index contributed by atoms with van der Waals surface area (Å²) in [6.45, 7) is 1.27. The lowest BCUT2D eigenvalue weighted by Crippen LogP contribution is -2.34. The van der Waals surface area contributed by atoms with Gasteiger partial charge in [0.1, 0.15) is 6.61 Å². The van der Waals surface area contributed by atoms with Crippen LogP contribution in [-0.2, 0) is 41.5 Å². The monoisotopic (exact) mass is 577 g/mol. The molecule has 0 atom stereocenters. The molecule has 0 radical (unpaired) electrons. The van der Waals surface area contributed by atoms with E-state index in [4.69, 9.17) is 32.3 Å². The van der Waals surface area contributed by atoms with Gasteiger partial charge in [-0.1, -0.05) is 41.8 Å². The molecule has 2 aliphatic heterocycles. The van der Waals surface area contributed by atoms with E-state index in [1.54, 1.807) is 0 Å². The molecule has 0 saturated heterocycles. The molecule has 41 heavy (non-hydrogen) atoms. The number of amides is 1. The van der Waals surface area contributed by atoms with Gasteiger partial charge >= 0.3 is 17.8 Å². The number of nitrogens with zero attached hydrogens (tertiary/aromatic N) is 3. The predicted molar refractivity (Wildman–Crippen MR) is 155 cm³/mol. The number of benzene rings is 2. The van der Waals surface area contributed by atoms with Gasteiger partial charge in [-0.25, -0.2) is 14.7 Å². The van der Waals surface area contributed by atoms with E-state index in [-0.39, 0.29) is 18.9 Å². The van der Waals surface area contributed by atoms with E-state index in [1.807, 2.05) is 24.1 Å². The van der Waals surface area contributed by atoms with Crippen molar-refractivity contribution in [2.24, 2.45) is 0 Å². The molecule has 10 heteroatoms. The lowest BCUT2D eigenvalue weighted by Gasteiger charge is -2.28. The maximum absolute atomic E-state index is 13.0. The van der Waals surface area contributed by atoms with Crippen LogP contribution in [0.2, 0.25) is 5.02 Å². The number of likely N-dealkylation sites (N-methyl/N-ethyl adjacent to an activating group) is 2. The summed E-state index contributed by atoms with van der Waals surface area (Å²) in [5.41, 5.74) is 4.86. The van der Waals surface area contributed by atoms with Gasteiger partial charge in [0.05, 0.1) is 6.54 Å². The third kappa shape index (κ3) is 7.76. The third-order valence-electron chi connectivity index (χ3n) is 6.73. The van der Waals surface area contributed by atoms with Crippen LogP contribution in [0.3, 0.4) is 0 Å². The minimum atomic E-state index is -0.881. The number of aryl methyl sites for hydroxylation is 2. The average molecular weight is 578 g/mol. The van der Waals surface area contributed by atoms with Crippen LogP contribution in [-0.4, -0.2) is 68.1 Å². The molecular formula is C31H32ClN3O6.